The second-order valence-corrected chi connectivity index (χ2v) is 8.70. The average Bonchev–Trinajstić information content (AvgIpc) is 3.46. The molecule has 0 spiro atoms. The third kappa shape index (κ3) is 4.79. The molecule has 4 heterocycles. The van der Waals surface area contributed by atoms with E-state index in [2.05, 4.69) is 25.7 Å². The number of hydrogen-bond donors (Lipinski definition) is 2. The Kier molecular flexibility index (Phi) is 5.90. The molecule has 5 rings (SSSR count). The SMILES string of the molecule is Cn1cc(-c2ccc(CN[C@@H]3CC[C@@H](NCc4cccn5ccnc45)CC3(F)F)cn2)cn1. The van der Waals surface area contributed by atoms with Gasteiger partial charge in [0.2, 0.25) is 0 Å². The minimum atomic E-state index is -2.78. The molecule has 0 saturated heterocycles. The maximum Gasteiger partial charge on any atom is 0.264 e. The highest BCUT2D eigenvalue weighted by Crippen LogP contribution is 2.34. The van der Waals surface area contributed by atoms with Crippen LogP contribution < -0.4 is 10.6 Å². The van der Waals surface area contributed by atoms with Crippen molar-refractivity contribution in [1.82, 2.24) is 34.8 Å². The minimum Gasteiger partial charge on any atom is -0.310 e. The fourth-order valence-corrected chi connectivity index (χ4v) is 4.47. The summed E-state index contributed by atoms with van der Waals surface area (Å²) in [5.41, 5.74) is 4.49. The van der Waals surface area contributed by atoms with E-state index in [0.717, 1.165) is 28.0 Å². The summed E-state index contributed by atoms with van der Waals surface area (Å²) < 4.78 is 33.4. The van der Waals surface area contributed by atoms with Gasteiger partial charge in [0.25, 0.3) is 5.92 Å². The molecule has 1 saturated carbocycles. The highest BCUT2D eigenvalue weighted by Gasteiger charge is 2.44. The zero-order valence-electron chi connectivity index (χ0n) is 18.5. The van der Waals surface area contributed by atoms with Crippen molar-refractivity contribution < 1.29 is 8.78 Å². The lowest BCUT2D eigenvalue weighted by atomic mass is 9.87. The van der Waals surface area contributed by atoms with Crippen LogP contribution >= 0.6 is 0 Å². The molecule has 2 atom stereocenters. The van der Waals surface area contributed by atoms with Crippen molar-refractivity contribution in [3.8, 4) is 11.3 Å². The summed E-state index contributed by atoms with van der Waals surface area (Å²) in [6.45, 7) is 0.885. The van der Waals surface area contributed by atoms with Crippen LogP contribution in [0.3, 0.4) is 0 Å². The highest BCUT2D eigenvalue weighted by atomic mass is 19.3. The largest absolute Gasteiger partial charge is 0.310 e. The van der Waals surface area contributed by atoms with Crippen molar-refractivity contribution in [3.05, 3.63) is 72.6 Å². The van der Waals surface area contributed by atoms with E-state index in [4.69, 9.17) is 0 Å². The fourth-order valence-electron chi connectivity index (χ4n) is 4.47. The molecule has 0 aromatic carbocycles. The first kappa shape index (κ1) is 21.7. The predicted molar refractivity (Wildman–Crippen MR) is 122 cm³/mol. The molecule has 0 unspecified atom stereocenters. The number of nitrogens with zero attached hydrogens (tertiary/aromatic N) is 5. The first-order valence-corrected chi connectivity index (χ1v) is 11.2. The number of aromatic nitrogens is 5. The Morgan fingerprint density at radius 1 is 1.06 bits per heavy atom. The van der Waals surface area contributed by atoms with Crippen LogP contribution in [0.25, 0.3) is 16.9 Å². The Bertz CT molecular complexity index is 1220. The van der Waals surface area contributed by atoms with Gasteiger partial charge < -0.3 is 15.0 Å². The number of imidazole rings is 1. The molecule has 0 bridgehead atoms. The van der Waals surface area contributed by atoms with Crippen LogP contribution in [0.1, 0.15) is 30.4 Å². The molecule has 4 aromatic heterocycles. The van der Waals surface area contributed by atoms with Crippen molar-refractivity contribution >= 4 is 5.65 Å². The Labute approximate surface area is 190 Å². The Morgan fingerprint density at radius 3 is 2.73 bits per heavy atom. The molecular weight excluding hydrogens is 424 g/mol. The van der Waals surface area contributed by atoms with Gasteiger partial charge in [0.1, 0.15) is 5.65 Å². The number of nitrogens with one attached hydrogen (secondary N) is 2. The van der Waals surface area contributed by atoms with Gasteiger partial charge in [-0.15, -0.1) is 0 Å². The van der Waals surface area contributed by atoms with Crippen molar-refractivity contribution in [1.29, 1.82) is 0 Å². The molecular formula is C24H27F2N7. The summed E-state index contributed by atoms with van der Waals surface area (Å²) in [6.07, 6.45) is 11.9. The van der Waals surface area contributed by atoms with Gasteiger partial charge in [-0.3, -0.25) is 9.67 Å². The molecule has 2 N–H and O–H groups in total. The van der Waals surface area contributed by atoms with E-state index in [-0.39, 0.29) is 12.5 Å². The standard InChI is InChI=1S/C24H27F2N7/c1-32-16-19(15-31-32)21-6-4-17(12-29-21)13-30-22-7-5-20(11-24(22,25)26)28-14-18-3-2-9-33-10-8-27-23(18)33/h2-4,6,8-10,12,15-16,20,22,28,30H,5,7,11,13-14H2,1H3/t20-,22-/m1/s1. The first-order chi connectivity index (χ1) is 16.0. The first-order valence-electron chi connectivity index (χ1n) is 11.2. The molecule has 4 aromatic rings. The zero-order chi connectivity index (χ0) is 22.8. The average molecular weight is 452 g/mol. The van der Waals surface area contributed by atoms with E-state index in [9.17, 15) is 8.78 Å². The zero-order valence-corrected chi connectivity index (χ0v) is 18.5. The van der Waals surface area contributed by atoms with Crippen molar-refractivity contribution in [2.24, 2.45) is 7.05 Å². The van der Waals surface area contributed by atoms with Crippen LogP contribution in [0, 0.1) is 0 Å². The van der Waals surface area contributed by atoms with E-state index in [0.29, 0.717) is 25.9 Å². The number of fused-ring (bicyclic) bond motifs is 1. The second kappa shape index (κ2) is 8.99. The Morgan fingerprint density at radius 2 is 1.97 bits per heavy atom. The van der Waals surface area contributed by atoms with E-state index < -0.39 is 12.0 Å². The van der Waals surface area contributed by atoms with E-state index in [1.165, 1.54) is 0 Å². The molecule has 7 nitrogen and oxygen atoms in total. The number of pyridine rings is 2. The van der Waals surface area contributed by atoms with Crippen molar-refractivity contribution in [2.45, 2.75) is 50.4 Å². The van der Waals surface area contributed by atoms with Gasteiger partial charge in [0.05, 0.1) is 17.9 Å². The Balaban J connectivity index is 1.14. The van der Waals surface area contributed by atoms with Gasteiger partial charge in [0.15, 0.2) is 0 Å². The molecule has 1 aliphatic carbocycles. The lowest BCUT2D eigenvalue weighted by molar-refractivity contribution is -0.0735. The third-order valence-corrected chi connectivity index (χ3v) is 6.29. The van der Waals surface area contributed by atoms with Gasteiger partial charge in [-0.05, 0) is 30.5 Å². The van der Waals surface area contributed by atoms with Gasteiger partial charge in [-0.1, -0.05) is 12.1 Å². The summed E-state index contributed by atoms with van der Waals surface area (Å²) in [6, 6.07) is 6.67. The van der Waals surface area contributed by atoms with Crippen LogP contribution in [0.5, 0.6) is 0 Å². The van der Waals surface area contributed by atoms with Gasteiger partial charge >= 0.3 is 0 Å². The number of aryl methyl sites for hydroxylation is 1. The van der Waals surface area contributed by atoms with Crippen LogP contribution in [0.2, 0.25) is 0 Å². The van der Waals surface area contributed by atoms with Crippen LogP contribution in [-0.4, -0.2) is 42.2 Å². The molecule has 9 heteroatoms. The molecule has 33 heavy (non-hydrogen) atoms. The maximum absolute atomic E-state index is 14.9. The molecule has 0 amide bonds. The highest BCUT2D eigenvalue weighted by molar-refractivity contribution is 5.56. The number of rotatable bonds is 7. The van der Waals surface area contributed by atoms with E-state index in [1.54, 1.807) is 23.3 Å². The molecule has 0 aliphatic heterocycles. The second-order valence-electron chi connectivity index (χ2n) is 8.70. The van der Waals surface area contributed by atoms with E-state index in [1.807, 2.05) is 54.3 Å². The van der Waals surface area contributed by atoms with Gasteiger partial charge in [-0.2, -0.15) is 5.10 Å². The lowest BCUT2D eigenvalue weighted by Crippen LogP contribution is -2.52. The molecule has 1 aliphatic rings. The van der Waals surface area contributed by atoms with Gasteiger partial charge in [-0.25, -0.2) is 13.8 Å². The molecule has 172 valence electrons. The summed E-state index contributed by atoms with van der Waals surface area (Å²) >= 11 is 0. The van der Waals surface area contributed by atoms with Crippen molar-refractivity contribution in [3.63, 3.8) is 0 Å². The van der Waals surface area contributed by atoms with Crippen LogP contribution in [0.15, 0.2) is 61.4 Å². The number of alkyl halides is 2. The quantitative estimate of drug-likeness (QED) is 0.450. The summed E-state index contributed by atoms with van der Waals surface area (Å²) in [4.78, 5) is 8.80. The minimum absolute atomic E-state index is 0.180. The number of halogens is 2. The normalized spacial score (nSPS) is 20.3. The topological polar surface area (TPSA) is 72.1 Å². The molecule has 1 fully saturated rings. The van der Waals surface area contributed by atoms with E-state index >= 15 is 0 Å². The smallest absolute Gasteiger partial charge is 0.264 e. The van der Waals surface area contributed by atoms with Crippen LogP contribution in [-0.2, 0) is 20.1 Å². The number of hydrogen-bond acceptors (Lipinski definition) is 5. The summed E-state index contributed by atoms with van der Waals surface area (Å²) in [7, 11) is 1.85. The molecule has 0 radical (unpaired) electrons. The summed E-state index contributed by atoms with van der Waals surface area (Å²) in [5.74, 6) is -2.78. The third-order valence-electron chi connectivity index (χ3n) is 6.29. The summed E-state index contributed by atoms with van der Waals surface area (Å²) in [5, 5.41) is 10.5. The monoisotopic (exact) mass is 451 g/mol. The fraction of sp³-hybridized carbons (Fsp3) is 0.375. The van der Waals surface area contributed by atoms with Crippen molar-refractivity contribution in [2.75, 3.05) is 0 Å². The van der Waals surface area contributed by atoms with Crippen LogP contribution in [0.4, 0.5) is 8.78 Å². The van der Waals surface area contributed by atoms with Gasteiger partial charge in [0, 0.05) is 74.7 Å². The Hall–Kier alpha value is -3.17. The predicted octanol–water partition coefficient (Wildman–Crippen LogP) is 3.57. The maximum atomic E-state index is 14.9. The lowest BCUT2D eigenvalue weighted by Gasteiger charge is -2.37.